The fourth-order valence-corrected chi connectivity index (χ4v) is 8.14. The third-order valence-corrected chi connectivity index (χ3v) is 12.2. The number of urea groups is 1. The minimum atomic E-state index is -1.29. The van der Waals surface area contributed by atoms with Crippen LogP contribution >= 0.6 is 0 Å². The lowest BCUT2D eigenvalue weighted by Gasteiger charge is -2.17. The number of hydrogen-bond donors (Lipinski definition) is 5. The van der Waals surface area contributed by atoms with Crippen molar-refractivity contribution in [2.75, 3.05) is 98.2 Å². The molecule has 21 nitrogen and oxygen atoms in total. The van der Waals surface area contributed by atoms with Gasteiger partial charge >= 0.3 is 12.1 Å². The van der Waals surface area contributed by atoms with Crippen LogP contribution in [0.25, 0.3) is 33.3 Å². The van der Waals surface area contributed by atoms with Crippen LogP contribution in [0.5, 0.6) is 0 Å². The van der Waals surface area contributed by atoms with Gasteiger partial charge in [-0.3, -0.25) is 24.4 Å². The molecule has 3 aromatic heterocycles. The van der Waals surface area contributed by atoms with Crippen molar-refractivity contribution in [1.29, 1.82) is 0 Å². The van der Waals surface area contributed by atoms with Gasteiger partial charge in [0.25, 0.3) is 5.56 Å². The number of methoxy groups -OCH3 is 1. The molecule has 0 radical (unpaired) electrons. The van der Waals surface area contributed by atoms with E-state index in [4.69, 9.17) is 33.5 Å². The second-order valence-electron chi connectivity index (χ2n) is 17.7. The molecule has 5 amide bonds. The Bertz CT molecular complexity index is 2590. The molecule has 0 unspecified atom stereocenters. The molecule has 404 valence electrons. The lowest BCUT2D eigenvalue weighted by atomic mass is 10.0. The monoisotopic (exact) mass is 1040 g/mol. The number of rotatable bonds is 35. The Morgan fingerprint density at radius 2 is 1.35 bits per heavy atom. The SMILES string of the molecule is COCCOCCOCCOCCOCCOCCC(=O)NCCCC[C@H](NC(=O)O)C(=O)NCCCCCCn1nc(-c2ccc(NC(=O)N3Cc4ccncc4C3)cc2)cc(-c2ccc3cccnc3c2)c1=O. The van der Waals surface area contributed by atoms with Gasteiger partial charge < -0.3 is 59.7 Å². The molecule has 5 aromatic rings. The van der Waals surface area contributed by atoms with Gasteiger partial charge in [0.15, 0.2) is 0 Å². The molecule has 1 atom stereocenters. The maximum atomic E-state index is 14.0. The maximum absolute atomic E-state index is 14.0. The van der Waals surface area contributed by atoms with E-state index in [1.165, 1.54) is 4.68 Å². The van der Waals surface area contributed by atoms with Crippen LogP contribution in [0.4, 0.5) is 15.3 Å². The standard InChI is InChI=1S/C54H71N9O12/c1-70-25-26-72-29-30-74-33-34-75-32-31-73-28-27-71-24-18-50(64)57-19-6-4-10-47(60-54(68)69)51(65)58-20-5-2-3-7-23-63-52(66)46(42-12-11-40-9-8-21-56-48(40)35-42)36-49(61-63)41-13-15-45(16-14-41)59-53(67)62-38-43-17-22-55-37-44(43)39-62/h8-9,11-17,21-22,35-37,47,60H,2-7,10,18-20,23-34,38-39H2,1H3,(H,57,64)(H,58,65)(H,59,67)(H,68,69)/t47-/m0/s1. The van der Waals surface area contributed by atoms with Gasteiger partial charge in [-0.05, 0) is 85.2 Å². The molecule has 0 spiro atoms. The lowest BCUT2D eigenvalue weighted by Crippen LogP contribution is -2.46. The number of nitrogens with zero attached hydrogens (tertiary/aromatic N) is 5. The number of pyridine rings is 2. The maximum Gasteiger partial charge on any atom is 0.405 e. The summed E-state index contributed by atoms with van der Waals surface area (Å²) in [4.78, 5) is 74.3. The zero-order valence-electron chi connectivity index (χ0n) is 42.8. The number of aryl methyl sites for hydroxylation is 1. The molecule has 0 aliphatic carbocycles. The molecule has 1 aliphatic heterocycles. The molecule has 21 heteroatoms. The second kappa shape index (κ2) is 32.4. The number of anilines is 1. The Morgan fingerprint density at radius 3 is 2.05 bits per heavy atom. The van der Waals surface area contributed by atoms with E-state index < -0.39 is 18.0 Å². The van der Waals surface area contributed by atoms with E-state index >= 15 is 0 Å². The zero-order valence-corrected chi connectivity index (χ0v) is 42.8. The average molecular weight is 1040 g/mol. The summed E-state index contributed by atoms with van der Waals surface area (Å²) in [7, 11) is 1.62. The van der Waals surface area contributed by atoms with Crippen LogP contribution in [0.15, 0.2) is 90.1 Å². The number of carbonyl (C=O) groups is 4. The quantitative estimate of drug-likeness (QED) is 0.0301. The first-order valence-electron chi connectivity index (χ1n) is 25.7. The summed E-state index contributed by atoms with van der Waals surface area (Å²) in [6, 6.07) is 19.5. The minimum Gasteiger partial charge on any atom is -0.465 e. The number of fused-ring (bicyclic) bond motifs is 2. The molecule has 5 N–H and O–H groups in total. The predicted octanol–water partition coefficient (Wildman–Crippen LogP) is 5.79. The third kappa shape index (κ3) is 20.1. The normalized spacial score (nSPS) is 12.4. The number of ether oxygens (including phenoxy) is 6. The lowest BCUT2D eigenvalue weighted by molar-refractivity contribution is -0.123. The molecule has 1 aliphatic rings. The molecule has 2 aromatic carbocycles. The number of aromatic nitrogens is 4. The van der Waals surface area contributed by atoms with Crippen molar-refractivity contribution in [3.63, 3.8) is 0 Å². The number of unbranched alkanes of at least 4 members (excludes halogenated alkanes) is 4. The first-order chi connectivity index (χ1) is 36.7. The Kier molecular flexibility index (Phi) is 24.8. The van der Waals surface area contributed by atoms with Crippen LogP contribution < -0.4 is 26.8 Å². The minimum absolute atomic E-state index is 0.166. The number of nitrogens with one attached hydrogen (secondary N) is 4. The van der Waals surface area contributed by atoms with Gasteiger partial charge in [-0.15, -0.1) is 0 Å². The van der Waals surface area contributed by atoms with E-state index in [0.717, 1.165) is 46.0 Å². The largest absolute Gasteiger partial charge is 0.465 e. The molecular weight excluding hydrogens is 967 g/mol. The van der Waals surface area contributed by atoms with Gasteiger partial charge in [-0.2, -0.15) is 5.10 Å². The van der Waals surface area contributed by atoms with Crippen LogP contribution in [-0.2, 0) is 57.6 Å². The van der Waals surface area contributed by atoms with Gasteiger partial charge in [0.2, 0.25) is 11.8 Å². The van der Waals surface area contributed by atoms with Crippen LogP contribution in [0.3, 0.4) is 0 Å². The summed E-state index contributed by atoms with van der Waals surface area (Å²) in [6.07, 6.45) is 8.27. The predicted molar refractivity (Wildman–Crippen MR) is 281 cm³/mol. The van der Waals surface area contributed by atoms with Crippen molar-refractivity contribution >= 4 is 40.5 Å². The van der Waals surface area contributed by atoms with Crippen LogP contribution in [0.1, 0.15) is 62.5 Å². The highest BCUT2D eigenvalue weighted by atomic mass is 16.6. The Labute approximate surface area is 437 Å². The Hall–Kier alpha value is -6.88. The second-order valence-corrected chi connectivity index (χ2v) is 17.7. The highest BCUT2D eigenvalue weighted by Gasteiger charge is 2.24. The first kappa shape index (κ1) is 57.4. The molecule has 75 heavy (non-hydrogen) atoms. The number of hydrogen-bond acceptors (Lipinski definition) is 14. The van der Waals surface area contributed by atoms with Gasteiger partial charge in [-0.1, -0.05) is 43.2 Å². The summed E-state index contributed by atoms with van der Waals surface area (Å²) in [6.45, 7) is 6.96. The number of carboxylic acid groups (broad SMARTS) is 1. The molecular formula is C54H71N9O12. The van der Waals surface area contributed by atoms with Crippen molar-refractivity contribution in [3.05, 3.63) is 107 Å². The van der Waals surface area contributed by atoms with E-state index in [0.29, 0.717) is 141 Å². The van der Waals surface area contributed by atoms with Gasteiger partial charge in [0, 0.05) is 81.5 Å². The fourth-order valence-electron chi connectivity index (χ4n) is 8.14. The van der Waals surface area contributed by atoms with E-state index in [1.807, 2.05) is 60.7 Å². The highest BCUT2D eigenvalue weighted by molar-refractivity contribution is 5.90. The number of carbonyl (C=O) groups excluding carboxylic acids is 3. The van der Waals surface area contributed by atoms with Crippen molar-refractivity contribution in [2.24, 2.45) is 0 Å². The van der Waals surface area contributed by atoms with E-state index in [9.17, 15) is 29.1 Å². The number of benzene rings is 2. The van der Waals surface area contributed by atoms with E-state index in [-0.39, 0.29) is 36.9 Å². The summed E-state index contributed by atoms with van der Waals surface area (Å²) < 4.78 is 33.5. The molecule has 6 rings (SSSR count). The van der Waals surface area contributed by atoms with Crippen molar-refractivity contribution in [2.45, 2.75) is 77.0 Å². The van der Waals surface area contributed by atoms with Crippen molar-refractivity contribution < 1.29 is 52.7 Å². The number of amides is 5. The summed E-state index contributed by atoms with van der Waals surface area (Å²) >= 11 is 0. The van der Waals surface area contributed by atoms with Gasteiger partial charge in [0.05, 0.1) is 89.4 Å². The summed E-state index contributed by atoms with van der Waals surface area (Å²) in [5.41, 5.74) is 5.84. The third-order valence-electron chi connectivity index (χ3n) is 12.2. The first-order valence-corrected chi connectivity index (χ1v) is 25.7. The summed E-state index contributed by atoms with van der Waals surface area (Å²) in [5.74, 6) is -0.578. The van der Waals surface area contributed by atoms with E-state index in [2.05, 4.69) is 31.2 Å². The molecule has 0 bridgehead atoms. The van der Waals surface area contributed by atoms with Crippen molar-refractivity contribution in [1.82, 2.24) is 40.6 Å². The Balaban J connectivity index is 0.863. The molecule has 4 heterocycles. The zero-order chi connectivity index (χ0) is 52.9. The van der Waals surface area contributed by atoms with Gasteiger partial charge in [0.1, 0.15) is 6.04 Å². The van der Waals surface area contributed by atoms with Gasteiger partial charge in [-0.25, -0.2) is 14.3 Å². The van der Waals surface area contributed by atoms with Crippen LogP contribution in [-0.4, -0.2) is 153 Å². The fraction of sp³-hybridized carbons (Fsp3) is 0.481. The Morgan fingerprint density at radius 1 is 0.693 bits per heavy atom. The topological polar surface area (TPSA) is 256 Å². The molecule has 0 saturated heterocycles. The van der Waals surface area contributed by atoms with Crippen molar-refractivity contribution in [3.8, 4) is 22.4 Å². The smallest absolute Gasteiger partial charge is 0.405 e. The average Bonchev–Trinajstić information content (AvgIpc) is 3.86. The van der Waals surface area contributed by atoms with Crippen LogP contribution in [0, 0.1) is 0 Å². The summed E-state index contributed by atoms with van der Waals surface area (Å²) in [5, 5.41) is 26.1. The van der Waals surface area contributed by atoms with E-state index in [1.54, 1.807) is 36.7 Å². The highest BCUT2D eigenvalue weighted by Crippen LogP contribution is 2.27. The molecule has 0 fully saturated rings. The molecule has 0 saturated carbocycles. The van der Waals surface area contributed by atoms with Crippen LogP contribution in [0.2, 0.25) is 0 Å².